The number of aliphatic carboxylic acids is 1. The van der Waals surface area contributed by atoms with E-state index in [-0.39, 0.29) is 0 Å². The summed E-state index contributed by atoms with van der Waals surface area (Å²) in [6, 6.07) is 0. The largest absolute Gasteiger partial charge is 0.616 e. The van der Waals surface area contributed by atoms with Crippen LogP contribution < -0.4 is 0 Å². The zero-order valence-corrected chi connectivity index (χ0v) is 16.9. The minimum atomic E-state index is -1.21. The summed E-state index contributed by atoms with van der Waals surface area (Å²) < 4.78 is 11.6. The molecule has 0 heterocycles. The first-order valence-electron chi connectivity index (χ1n) is 10.2. The Labute approximate surface area is 153 Å². The average Bonchev–Trinajstić information content (AvgIpc) is 2.57. The van der Waals surface area contributed by atoms with Crippen LogP contribution in [0.15, 0.2) is 0 Å². The fourth-order valence-electron chi connectivity index (χ4n) is 3.09. The van der Waals surface area contributed by atoms with Crippen molar-refractivity contribution in [3.63, 3.8) is 0 Å². The maximum Gasteiger partial charge on any atom is 0.357 e. The lowest BCUT2D eigenvalue weighted by Crippen LogP contribution is -2.31. The van der Waals surface area contributed by atoms with Gasteiger partial charge in [0.25, 0.3) is 0 Å². The maximum absolute atomic E-state index is 11.6. The molecule has 0 spiro atoms. The van der Waals surface area contributed by atoms with Crippen LogP contribution in [0.4, 0.5) is 0 Å². The lowest BCUT2D eigenvalue weighted by atomic mass is 10.0. The number of hydrogen-bond donors (Lipinski definition) is 1. The fraction of sp³-hybridized carbons (Fsp3) is 0.950. The Hall–Kier alpha value is -0.220. The predicted molar refractivity (Wildman–Crippen MR) is 105 cm³/mol. The number of rotatable bonds is 18. The quantitative estimate of drug-likeness (QED) is 0.238. The molecule has 0 saturated carbocycles. The lowest BCUT2D eigenvalue weighted by Gasteiger charge is -2.16. The van der Waals surface area contributed by atoms with Gasteiger partial charge in [0.15, 0.2) is 0 Å². The Morgan fingerprint density at radius 1 is 0.792 bits per heavy atom. The third-order valence-corrected chi connectivity index (χ3v) is 6.34. The fourth-order valence-corrected chi connectivity index (χ4v) is 4.15. The molecule has 0 aliphatic heterocycles. The van der Waals surface area contributed by atoms with E-state index in [1.165, 1.54) is 77.0 Å². The van der Waals surface area contributed by atoms with E-state index in [9.17, 15) is 9.35 Å². The Kier molecular flexibility index (Phi) is 17.4. The molecule has 2 atom stereocenters. The van der Waals surface area contributed by atoms with Crippen molar-refractivity contribution in [2.45, 2.75) is 115 Å². The normalized spacial score (nSPS) is 13.8. The summed E-state index contributed by atoms with van der Waals surface area (Å²) in [5.74, 6) is -0.458. The molecule has 3 nitrogen and oxygen atoms in total. The zero-order valence-electron chi connectivity index (χ0n) is 16.1. The topological polar surface area (TPSA) is 60.4 Å². The highest BCUT2D eigenvalue weighted by molar-refractivity contribution is 7.92. The summed E-state index contributed by atoms with van der Waals surface area (Å²) in [7, 11) is 0. The first kappa shape index (κ1) is 23.8. The Balaban J connectivity index is 3.31. The summed E-state index contributed by atoms with van der Waals surface area (Å²) in [5, 5.41) is 8.43. The maximum atomic E-state index is 11.6. The molecular formula is C20H40O3S. The van der Waals surface area contributed by atoms with Crippen molar-refractivity contribution in [1.29, 1.82) is 0 Å². The van der Waals surface area contributed by atoms with Crippen molar-refractivity contribution in [3.8, 4) is 0 Å². The van der Waals surface area contributed by atoms with Gasteiger partial charge in [-0.05, 0) is 24.5 Å². The van der Waals surface area contributed by atoms with Crippen molar-refractivity contribution in [2.24, 2.45) is 0 Å². The van der Waals surface area contributed by atoms with E-state index in [4.69, 9.17) is 5.11 Å². The molecule has 0 aromatic rings. The summed E-state index contributed by atoms with van der Waals surface area (Å²) in [6.45, 7) is 4.05. The van der Waals surface area contributed by atoms with Crippen LogP contribution in [-0.4, -0.2) is 26.6 Å². The highest BCUT2D eigenvalue weighted by Crippen LogP contribution is 2.16. The molecule has 4 heteroatoms. The molecular weight excluding hydrogens is 320 g/mol. The molecule has 0 aromatic heterocycles. The van der Waals surface area contributed by atoms with Gasteiger partial charge in [-0.2, -0.15) is 0 Å². The third-order valence-electron chi connectivity index (χ3n) is 4.70. The van der Waals surface area contributed by atoms with Crippen molar-refractivity contribution >= 4 is 17.1 Å². The molecule has 0 aliphatic carbocycles. The van der Waals surface area contributed by atoms with Crippen LogP contribution in [-0.2, 0) is 16.0 Å². The summed E-state index contributed by atoms with van der Waals surface area (Å²) in [4.78, 5) is 11.1. The molecule has 0 fully saturated rings. The monoisotopic (exact) mass is 360 g/mol. The van der Waals surface area contributed by atoms with Gasteiger partial charge in [0.1, 0.15) is 5.75 Å². The van der Waals surface area contributed by atoms with Gasteiger partial charge >= 0.3 is 5.97 Å². The van der Waals surface area contributed by atoms with Gasteiger partial charge in [-0.3, -0.25) is 0 Å². The second kappa shape index (κ2) is 17.6. The molecule has 1 N–H and O–H groups in total. The highest BCUT2D eigenvalue weighted by Gasteiger charge is 2.27. The smallest absolute Gasteiger partial charge is 0.357 e. The molecule has 0 saturated heterocycles. The van der Waals surface area contributed by atoms with Gasteiger partial charge in [-0.15, -0.1) is 0 Å². The number of unbranched alkanes of at least 4 members (excludes halogenated alkanes) is 13. The third kappa shape index (κ3) is 14.2. The molecule has 0 radical (unpaired) electrons. The number of carboxylic acid groups (broad SMARTS) is 1. The molecule has 144 valence electrons. The van der Waals surface area contributed by atoms with Gasteiger partial charge in [0.2, 0.25) is 5.25 Å². The summed E-state index contributed by atoms with van der Waals surface area (Å²) in [6.07, 6.45) is 18.7. The summed E-state index contributed by atoms with van der Waals surface area (Å²) >= 11 is -1.21. The Morgan fingerprint density at radius 2 is 1.17 bits per heavy atom. The number of hydrogen-bond acceptors (Lipinski definition) is 2. The Bertz CT molecular complexity index is 284. The second-order valence-electron chi connectivity index (χ2n) is 6.88. The van der Waals surface area contributed by atoms with Crippen molar-refractivity contribution in [3.05, 3.63) is 0 Å². The molecule has 0 aliphatic rings. The molecule has 0 rings (SSSR count). The van der Waals surface area contributed by atoms with Crippen LogP contribution >= 0.6 is 0 Å². The van der Waals surface area contributed by atoms with E-state index < -0.39 is 22.4 Å². The van der Waals surface area contributed by atoms with Crippen LogP contribution in [0.2, 0.25) is 0 Å². The van der Waals surface area contributed by atoms with Crippen molar-refractivity contribution < 1.29 is 14.5 Å². The predicted octanol–water partition coefficient (Wildman–Crippen LogP) is 6.08. The van der Waals surface area contributed by atoms with Gasteiger partial charge < -0.3 is 9.66 Å². The standard InChI is InChI=1S/C20H40O3S/c1-3-5-6-7-8-9-10-11-12-13-14-15-16-17-18-19(20(21)22)24(23)4-2/h19H,3-18H2,1-2H3,(H,21,22). The SMILES string of the molecule is CCCCCCCCCCCCCCCCC(C(=O)O)[S+]([O-])CC. The van der Waals surface area contributed by atoms with Gasteiger partial charge in [-0.1, -0.05) is 90.4 Å². The van der Waals surface area contributed by atoms with Crippen molar-refractivity contribution in [1.82, 2.24) is 0 Å². The molecule has 24 heavy (non-hydrogen) atoms. The zero-order chi connectivity index (χ0) is 18.0. The van der Waals surface area contributed by atoms with E-state index in [0.717, 1.165) is 12.8 Å². The highest BCUT2D eigenvalue weighted by atomic mass is 32.2. The van der Waals surface area contributed by atoms with Crippen molar-refractivity contribution in [2.75, 3.05) is 5.75 Å². The number of carbonyl (C=O) groups is 1. The van der Waals surface area contributed by atoms with E-state index in [2.05, 4.69) is 6.92 Å². The molecule has 2 unspecified atom stereocenters. The molecule has 0 bridgehead atoms. The van der Waals surface area contributed by atoms with Crippen LogP contribution in [0.25, 0.3) is 0 Å². The van der Waals surface area contributed by atoms with Crippen LogP contribution in [0, 0.1) is 0 Å². The number of carboxylic acids is 1. The van der Waals surface area contributed by atoms with E-state index >= 15 is 0 Å². The summed E-state index contributed by atoms with van der Waals surface area (Å²) in [5.41, 5.74) is 0. The first-order chi connectivity index (χ1) is 11.6. The van der Waals surface area contributed by atoms with E-state index in [1.807, 2.05) is 0 Å². The van der Waals surface area contributed by atoms with Gasteiger partial charge in [0, 0.05) is 6.42 Å². The lowest BCUT2D eigenvalue weighted by molar-refractivity contribution is -0.136. The van der Waals surface area contributed by atoms with Crippen LogP contribution in [0.1, 0.15) is 110 Å². The van der Waals surface area contributed by atoms with E-state index in [0.29, 0.717) is 12.2 Å². The van der Waals surface area contributed by atoms with Gasteiger partial charge in [-0.25, -0.2) is 4.79 Å². The minimum Gasteiger partial charge on any atom is -0.616 e. The Morgan fingerprint density at radius 3 is 1.50 bits per heavy atom. The molecule has 0 aromatic carbocycles. The molecule has 0 amide bonds. The van der Waals surface area contributed by atoms with Crippen LogP contribution in [0.5, 0.6) is 0 Å². The minimum absolute atomic E-state index is 0.440. The average molecular weight is 361 g/mol. The first-order valence-corrected chi connectivity index (χ1v) is 11.6. The van der Waals surface area contributed by atoms with Gasteiger partial charge in [0.05, 0.1) is 0 Å². The van der Waals surface area contributed by atoms with E-state index in [1.54, 1.807) is 6.92 Å². The second-order valence-corrected chi connectivity index (χ2v) is 8.79. The van der Waals surface area contributed by atoms with Crippen LogP contribution in [0.3, 0.4) is 0 Å².